The van der Waals surface area contributed by atoms with Crippen molar-refractivity contribution in [2.24, 2.45) is 5.73 Å². The molecule has 14 heavy (non-hydrogen) atoms. The molecule has 0 radical (unpaired) electrons. The summed E-state index contributed by atoms with van der Waals surface area (Å²) in [4.78, 5) is 22.0. The normalized spacial score (nSPS) is 10.1. The van der Waals surface area contributed by atoms with Gasteiger partial charge in [0.25, 0.3) is 5.91 Å². The van der Waals surface area contributed by atoms with Crippen LogP contribution in [0.25, 0.3) is 0 Å². The number of nitrogens with one attached hydrogen (secondary N) is 1. The summed E-state index contributed by atoms with van der Waals surface area (Å²) < 4.78 is 0. The first-order chi connectivity index (χ1) is 6.45. The van der Waals surface area contributed by atoms with Crippen molar-refractivity contribution >= 4 is 12.0 Å². The zero-order valence-corrected chi connectivity index (χ0v) is 8.39. The SMILES string of the molecule is CNN(C(=O)CN)N(C(=O)O)N(C)C. The minimum atomic E-state index is -1.29. The summed E-state index contributed by atoms with van der Waals surface area (Å²) in [5.41, 5.74) is 7.54. The third-order valence-electron chi connectivity index (χ3n) is 1.36. The lowest BCUT2D eigenvalue weighted by Crippen LogP contribution is -2.61. The van der Waals surface area contributed by atoms with Gasteiger partial charge in [-0.1, -0.05) is 0 Å². The average molecular weight is 205 g/mol. The fourth-order valence-electron chi connectivity index (χ4n) is 0.847. The number of hydrogen-bond donors (Lipinski definition) is 3. The Balaban J connectivity index is 4.76. The van der Waals surface area contributed by atoms with Crippen molar-refractivity contribution in [1.29, 1.82) is 0 Å². The third kappa shape index (κ3) is 2.83. The van der Waals surface area contributed by atoms with Gasteiger partial charge in [0.15, 0.2) is 0 Å². The molecule has 0 saturated carbocycles. The summed E-state index contributed by atoms with van der Waals surface area (Å²) in [6.07, 6.45) is -1.29. The molecule has 0 fully saturated rings. The van der Waals surface area contributed by atoms with Crippen molar-refractivity contribution in [3.8, 4) is 0 Å². The van der Waals surface area contributed by atoms with Gasteiger partial charge >= 0.3 is 6.09 Å². The Morgan fingerprint density at radius 3 is 2.14 bits per heavy atom. The Hall–Kier alpha value is -1.38. The van der Waals surface area contributed by atoms with Gasteiger partial charge in [0.2, 0.25) is 0 Å². The van der Waals surface area contributed by atoms with Crippen LogP contribution >= 0.6 is 0 Å². The number of carboxylic acid groups (broad SMARTS) is 1. The Labute approximate surface area is 81.8 Å². The van der Waals surface area contributed by atoms with Crippen LogP contribution in [0.2, 0.25) is 0 Å². The fourth-order valence-corrected chi connectivity index (χ4v) is 0.847. The van der Waals surface area contributed by atoms with Crippen LogP contribution < -0.4 is 11.2 Å². The number of carbonyl (C=O) groups is 2. The van der Waals surface area contributed by atoms with Crippen molar-refractivity contribution < 1.29 is 14.7 Å². The van der Waals surface area contributed by atoms with Crippen molar-refractivity contribution in [3.05, 3.63) is 0 Å². The highest BCUT2D eigenvalue weighted by molar-refractivity contribution is 5.79. The van der Waals surface area contributed by atoms with E-state index in [0.717, 1.165) is 5.12 Å². The molecule has 2 amide bonds. The highest BCUT2D eigenvalue weighted by Crippen LogP contribution is 1.97. The van der Waals surface area contributed by atoms with Crippen LogP contribution in [0.5, 0.6) is 0 Å². The van der Waals surface area contributed by atoms with E-state index in [1.807, 2.05) is 0 Å². The molecule has 0 heterocycles. The highest BCUT2D eigenvalue weighted by atomic mass is 16.4. The van der Waals surface area contributed by atoms with E-state index in [9.17, 15) is 9.59 Å². The molecular weight excluding hydrogens is 190 g/mol. The van der Waals surface area contributed by atoms with E-state index in [4.69, 9.17) is 10.8 Å². The molecule has 0 unspecified atom stereocenters. The maximum atomic E-state index is 11.2. The first kappa shape index (κ1) is 12.6. The van der Waals surface area contributed by atoms with E-state index in [1.165, 1.54) is 26.2 Å². The smallest absolute Gasteiger partial charge is 0.443 e. The Kier molecular flexibility index (Phi) is 4.84. The highest BCUT2D eigenvalue weighted by Gasteiger charge is 2.25. The van der Waals surface area contributed by atoms with Crippen molar-refractivity contribution in [2.45, 2.75) is 0 Å². The third-order valence-corrected chi connectivity index (χ3v) is 1.36. The number of amides is 2. The molecule has 0 aromatic carbocycles. The number of rotatable bonds is 3. The van der Waals surface area contributed by atoms with E-state index in [0.29, 0.717) is 5.12 Å². The maximum absolute atomic E-state index is 11.2. The van der Waals surface area contributed by atoms with Gasteiger partial charge in [0.05, 0.1) is 6.54 Å². The number of nitrogens with two attached hydrogens (primary N) is 1. The summed E-state index contributed by atoms with van der Waals surface area (Å²) >= 11 is 0. The molecule has 4 N–H and O–H groups in total. The summed E-state index contributed by atoms with van der Waals surface area (Å²) in [5, 5.41) is 11.5. The monoisotopic (exact) mass is 205 g/mol. The van der Waals surface area contributed by atoms with Crippen molar-refractivity contribution in [1.82, 2.24) is 20.7 Å². The van der Waals surface area contributed by atoms with Crippen molar-refractivity contribution in [2.75, 3.05) is 27.7 Å². The van der Waals surface area contributed by atoms with Gasteiger partial charge < -0.3 is 10.8 Å². The van der Waals surface area contributed by atoms with E-state index in [2.05, 4.69) is 5.43 Å². The van der Waals surface area contributed by atoms with Crippen molar-refractivity contribution in [3.63, 3.8) is 0 Å². The van der Waals surface area contributed by atoms with Crippen LogP contribution in [-0.4, -0.2) is 60.0 Å². The van der Waals surface area contributed by atoms with Gasteiger partial charge in [-0.05, 0) is 0 Å². The molecule has 0 aromatic heterocycles. The molecule has 0 saturated heterocycles. The van der Waals surface area contributed by atoms with Gasteiger partial charge in [0.1, 0.15) is 0 Å². The van der Waals surface area contributed by atoms with Crippen LogP contribution in [0, 0.1) is 0 Å². The minimum absolute atomic E-state index is 0.279. The summed E-state index contributed by atoms with van der Waals surface area (Å²) in [6, 6.07) is 0. The Morgan fingerprint density at radius 1 is 1.43 bits per heavy atom. The predicted molar refractivity (Wildman–Crippen MR) is 48.5 cm³/mol. The first-order valence-corrected chi connectivity index (χ1v) is 3.86. The van der Waals surface area contributed by atoms with Gasteiger partial charge in [0, 0.05) is 21.1 Å². The molecule has 0 aromatic rings. The van der Waals surface area contributed by atoms with E-state index in [-0.39, 0.29) is 6.54 Å². The number of carbonyl (C=O) groups excluding carboxylic acids is 1. The Morgan fingerprint density at radius 2 is 1.93 bits per heavy atom. The average Bonchev–Trinajstić information content (AvgIpc) is 2.11. The molecule has 0 aliphatic rings. The maximum Gasteiger partial charge on any atom is 0.443 e. The standard InChI is InChI=1S/C6H15N5O3/c1-8-10(5(12)4-7)11(6(13)14)9(2)3/h8H,4,7H2,1-3H3,(H,13,14). The van der Waals surface area contributed by atoms with Gasteiger partial charge in [-0.15, -0.1) is 5.12 Å². The lowest BCUT2D eigenvalue weighted by molar-refractivity contribution is -0.180. The molecule has 0 bridgehead atoms. The number of hydrazine groups is 3. The predicted octanol–water partition coefficient (Wildman–Crippen LogP) is -1.72. The second-order valence-corrected chi connectivity index (χ2v) is 2.55. The zero-order valence-electron chi connectivity index (χ0n) is 8.39. The second kappa shape index (κ2) is 5.37. The number of hydrogen-bond acceptors (Lipinski definition) is 5. The molecule has 0 aliphatic heterocycles. The molecule has 0 rings (SSSR count). The topological polar surface area (TPSA) is 102 Å². The lowest BCUT2D eigenvalue weighted by atomic mass is 10.6. The molecule has 8 heteroatoms. The van der Waals surface area contributed by atoms with Gasteiger partial charge in [-0.2, -0.15) is 5.12 Å². The minimum Gasteiger partial charge on any atom is -0.463 e. The lowest BCUT2D eigenvalue weighted by Gasteiger charge is -2.34. The summed E-state index contributed by atoms with van der Waals surface area (Å²) in [7, 11) is 4.40. The van der Waals surface area contributed by atoms with Crippen LogP contribution in [0.3, 0.4) is 0 Å². The first-order valence-electron chi connectivity index (χ1n) is 3.86. The quantitative estimate of drug-likeness (QED) is 0.474. The van der Waals surface area contributed by atoms with Crippen LogP contribution in [0.1, 0.15) is 0 Å². The molecule has 8 nitrogen and oxygen atoms in total. The molecule has 0 atom stereocenters. The van der Waals surface area contributed by atoms with Crippen LogP contribution in [0.15, 0.2) is 0 Å². The van der Waals surface area contributed by atoms with Crippen LogP contribution in [-0.2, 0) is 4.79 Å². The van der Waals surface area contributed by atoms with Gasteiger partial charge in [-0.25, -0.2) is 15.2 Å². The molecular formula is C6H15N5O3. The van der Waals surface area contributed by atoms with Gasteiger partial charge in [-0.3, -0.25) is 4.79 Å². The summed E-state index contributed by atoms with van der Waals surface area (Å²) in [5.74, 6) is -0.552. The van der Waals surface area contributed by atoms with Crippen LogP contribution in [0.4, 0.5) is 4.79 Å². The number of nitrogens with zero attached hydrogens (tertiary/aromatic N) is 3. The molecule has 0 spiro atoms. The fraction of sp³-hybridized carbons (Fsp3) is 0.667. The van der Waals surface area contributed by atoms with E-state index >= 15 is 0 Å². The largest absolute Gasteiger partial charge is 0.463 e. The second-order valence-electron chi connectivity index (χ2n) is 2.55. The van der Waals surface area contributed by atoms with E-state index in [1.54, 1.807) is 0 Å². The zero-order chi connectivity index (χ0) is 11.3. The summed E-state index contributed by atoms with van der Waals surface area (Å²) in [6.45, 7) is -0.279. The molecule has 0 aliphatic carbocycles. The van der Waals surface area contributed by atoms with E-state index < -0.39 is 12.0 Å². The molecule has 82 valence electrons. The Bertz CT molecular complexity index is 220.